The van der Waals surface area contributed by atoms with Crippen LogP contribution >= 0.6 is 0 Å². The van der Waals surface area contributed by atoms with Crippen molar-refractivity contribution >= 4 is 11.7 Å². The topological polar surface area (TPSA) is 66.3 Å². The predicted molar refractivity (Wildman–Crippen MR) is 117 cm³/mol. The summed E-state index contributed by atoms with van der Waals surface area (Å²) in [5.41, 5.74) is 3.21. The Morgan fingerprint density at radius 2 is 1.80 bits per heavy atom. The zero-order valence-corrected chi connectivity index (χ0v) is 17.2. The van der Waals surface area contributed by atoms with E-state index < -0.39 is 0 Å². The normalized spacial score (nSPS) is 17.2. The number of nitrogens with zero attached hydrogens (tertiary/aromatic N) is 5. The molecule has 1 aromatic carbocycles. The van der Waals surface area contributed by atoms with Gasteiger partial charge >= 0.3 is 0 Å². The molecule has 0 unspecified atom stereocenters. The van der Waals surface area contributed by atoms with Gasteiger partial charge in [-0.25, -0.2) is 9.67 Å². The molecule has 154 valence electrons. The Labute approximate surface area is 176 Å². The maximum Gasteiger partial charge on any atom is 0.274 e. The van der Waals surface area contributed by atoms with Gasteiger partial charge in [-0.05, 0) is 38.1 Å². The molecular formula is C23H26N6O. The molecule has 0 atom stereocenters. The molecular weight excluding hydrogens is 376 g/mol. The van der Waals surface area contributed by atoms with Gasteiger partial charge in [0.05, 0.1) is 17.6 Å². The highest BCUT2D eigenvalue weighted by Gasteiger charge is 2.25. The monoisotopic (exact) mass is 402 g/mol. The second-order valence-corrected chi connectivity index (χ2v) is 8.11. The lowest BCUT2D eigenvalue weighted by Crippen LogP contribution is -2.47. The molecule has 7 heteroatoms. The highest BCUT2D eigenvalue weighted by atomic mass is 16.2. The van der Waals surface area contributed by atoms with Crippen LogP contribution in [0.4, 0.5) is 5.82 Å². The molecule has 2 aromatic heterocycles. The highest BCUT2D eigenvalue weighted by molar-refractivity contribution is 5.93. The lowest BCUT2D eigenvalue weighted by molar-refractivity contribution is 0.0657. The SMILES string of the molecule is CN1CCN(C(=O)c2cc(-c3ccccc3)n(-c3ccc(NC4CC4)nc3)n2)CC1. The van der Waals surface area contributed by atoms with Crippen molar-refractivity contribution < 1.29 is 4.79 Å². The van der Waals surface area contributed by atoms with Crippen molar-refractivity contribution in [2.45, 2.75) is 18.9 Å². The van der Waals surface area contributed by atoms with E-state index in [1.54, 1.807) is 0 Å². The largest absolute Gasteiger partial charge is 0.367 e. The number of likely N-dealkylation sites (N-methyl/N-ethyl adjacent to an activating group) is 1. The number of hydrogen-bond acceptors (Lipinski definition) is 5. The van der Waals surface area contributed by atoms with Gasteiger partial charge in [-0.1, -0.05) is 30.3 Å². The molecule has 5 rings (SSSR count). The van der Waals surface area contributed by atoms with Crippen LogP contribution in [-0.2, 0) is 0 Å². The first kappa shape index (κ1) is 18.8. The standard InChI is InChI=1S/C23H26N6O/c1-27-11-13-28(14-12-27)23(30)20-15-21(17-5-3-2-4-6-17)29(26-20)19-9-10-22(24-16-19)25-18-7-8-18/h2-6,9-10,15-16,18H,7-8,11-14H2,1H3,(H,24,25). The Hall–Kier alpha value is -3.19. The van der Waals surface area contributed by atoms with Gasteiger partial charge in [0, 0.05) is 37.8 Å². The van der Waals surface area contributed by atoms with Gasteiger partial charge in [0.15, 0.2) is 5.69 Å². The third kappa shape index (κ3) is 3.93. The van der Waals surface area contributed by atoms with Crippen LogP contribution in [-0.4, -0.2) is 69.7 Å². The van der Waals surface area contributed by atoms with E-state index in [2.05, 4.69) is 22.2 Å². The van der Waals surface area contributed by atoms with Crippen LogP contribution in [0.1, 0.15) is 23.3 Å². The molecule has 1 N–H and O–H groups in total. The molecule has 3 heterocycles. The third-order valence-corrected chi connectivity index (χ3v) is 5.71. The van der Waals surface area contributed by atoms with Crippen LogP contribution in [0.25, 0.3) is 16.9 Å². The Morgan fingerprint density at radius 1 is 1.03 bits per heavy atom. The summed E-state index contributed by atoms with van der Waals surface area (Å²) in [6, 6.07) is 16.5. The predicted octanol–water partition coefficient (Wildman–Crippen LogP) is 2.90. The van der Waals surface area contributed by atoms with Gasteiger partial charge in [0.1, 0.15) is 5.82 Å². The summed E-state index contributed by atoms with van der Waals surface area (Å²) in [7, 11) is 2.08. The average Bonchev–Trinajstić information content (AvgIpc) is 3.49. The average molecular weight is 403 g/mol. The first-order valence-electron chi connectivity index (χ1n) is 10.5. The van der Waals surface area contributed by atoms with Crippen molar-refractivity contribution in [3.05, 3.63) is 60.4 Å². The Kier molecular flexibility index (Phi) is 4.96. The van der Waals surface area contributed by atoms with Crippen LogP contribution in [0, 0.1) is 0 Å². The Bertz CT molecular complexity index is 1020. The van der Waals surface area contributed by atoms with E-state index in [4.69, 9.17) is 5.10 Å². The van der Waals surface area contributed by atoms with Crippen LogP contribution in [0.2, 0.25) is 0 Å². The van der Waals surface area contributed by atoms with Gasteiger partial charge < -0.3 is 15.1 Å². The van der Waals surface area contributed by atoms with E-state index in [-0.39, 0.29) is 5.91 Å². The molecule has 3 aromatic rings. The van der Waals surface area contributed by atoms with Crippen molar-refractivity contribution in [1.82, 2.24) is 24.6 Å². The van der Waals surface area contributed by atoms with E-state index in [1.165, 1.54) is 12.8 Å². The molecule has 1 aliphatic heterocycles. The number of benzene rings is 1. The van der Waals surface area contributed by atoms with Crippen molar-refractivity contribution in [2.75, 3.05) is 38.5 Å². The minimum Gasteiger partial charge on any atom is -0.367 e. The van der Waals surface area contributed by atoms with Crippen molar-refractivity contribution in [1.29, 1.82) is 0 Å². The smallest absolute Gasteiger partial charge is 0.274 e. The number of anilines is 1. The fraction of sp³-hybridized carbons (Fsp3) is 0.348. The molecule has 1 aliphatic carbocycles. The molecule has 1 saturated heterocycles. The van der Waals surface area contributed by atoms with Gasteiger partial charge in [-0.2, -0.15) is 5.10 Å². The molecule has 1 amide bonds. The lowest BCUT2D eigenvalue weighted by Gasteiger charge is -2.31. The fourth-order valence-electron chi connectivity index (χ4n) is 3.70. The van der Waals surface area contributed by atoms with E-state index in [0.29, 0.717) is 11.7 Å². The maximum absolute atomic E-state index is 13.1. The van der Waals surface area contributed by atoms with Crippen molar-refractivity contribution in [3.63, 3.8) is 0 Å². The second kappa shape index (κ2) is 7.91. The number of hydrogen-bond donors (Lipinski definition) is 1. The number of pyridine rings is 1. The Morgan fingerprint density at radius 3 is 2.47 bits per heavy atom. The van der Waals surface area contributed by atoms with Gasteiger partial charge in [0.25, 0.3) is 5.91 Å². The first-order chi connectivity index (χ1) is 14.7. The zero-order chi connectivity index (χ0) is 20.5. The zero-order valence-electron chi connectivity index (χ0n) is 17.2. The number of rotatable bonds is 5. The van der Waals surface area contributed by atoms with E-state index in [9.17, 15) is 4.79 Å². The molecule has 7 nitrogen and oxygen atoms in total. The summed E-state index contributed by atoms with van der Waals surface area (Å²) in [5.74, 6) is 0.863. The molecule has 30 heavy (non-hydrogen) atoms. The van der Waals surface area contributed by atoms with Crippen molar-refractivity contribution in [3.8, 4) is 16.9 Å². The molecule has 1 saturated carbocycles. The summed E-state index contributed by atoms with van der Waals surface area (Å²) in [5, 5.41) is 8.11. The van der Waals surface area contributed by atoms with Crippen LogP contribution in [0.3, 0.4) is 0 Å². The summed E-state index contributed by atoms with van der Waals surface area (Å²) >= 11 is 0. The highest BCUT2D eigenvalue weighted by Crippen LogP contribution is 2.26. The number of amides is 1. The number of piperazine rings is 1. The maximum atomic E-state index is 13.1. The minimum absolute atomic E-state index is 0.0148. The van der Waals surface area contributed by atoms with Crippen LogP contribution in [0.15, 0.2) is 54.7 Å². The summed E-state index contributed by atoms with van der Waals surface area (Å²) in [6.07, 6.45) is 4.23. The summed E-state index contributed by atoms with van der Waals surface area (Å²) in [4.78, 5) is 21.8. The summed E-state index contributed by atoms with van der Waals surface area (Å²) in [6.45, 7) is 3.23. The molecule has 0 bridgehead atoms. The third-order valence-electron chi connectivity index (χ3n) is 5.71. The van der Waals surface area contributed by atoms with Crippen molar-refractivity contribution in [2.24, 2.45) is 0 Å². The number of aromatic nitrogens is 3. The summed E-state index contributed by atoms with van der Waals surface area (Å²) < 4.78 is 1.83. The van der Waals surface area contributed by atoms with Crippen LogP contribution < -0.4 is 5.32 Å². The first-order valence-corrected chi connectivity index (χ1v) is 10.5. The van der Waals surface area contributed by atoms with E-state index in [1.807, 2.05) is 64.3 Å². The number of carbonyl (C=O) groups excluding carboxylic acids is 1. The molecule has 0 radical (unpaired) electrons. The number of nitrogens with one attached hydrogen (secondary N) is 1. The molecule has 0 spiro atoms. The molecule has 2 fully saturated rings. The molecule has 2 aliphatic rings. The quantitative estimate of drug-likeness (QED) is 0.711. The fourth-order valence-corrected chi connectivity index (χ4v) is 3.70. The van der Waals surface area contributed by atoms with E-state index >= 15 is 0 Å². The van der Waals surface area contributed by atoms with Gasteiger partial charge in [-0.3, -0.25) is 4.79 Å². The van der Waals surface area contributed by atoms with Crippen LogP contribution in [0.5, 0.6) is 0 Å². The lowest BCUT2D eigenvalue weighted by atomic mass is 10.1. The van der Waals surface area contributed by atoms with Gasteiger partial charge in [-0.15, -0.1) is 0 Å². The van der Waals surface area contributed by atoms with E-state index in [0.717, 1.165) is 48.9 Å². The Balaban J connectivity index is 1.48. The minimum atomic E-state index is -0.0148. The number of carbonyl (C=O) groups is 1. The van der Waals surface area contributed by atoms with Gasteiger partial charge in [0.2, 0.25) is 0 Å². The second-order valence-electron chi connectivity index (χ2n) is 8.11.